The van der Waals surface area contributed by atoms with Crippen LogP contribution in [0.3, 0.4) is 0 Å². The molecule has 3 N–H and O–H groups in total. The number of hydrogen-bond donors (Lipinski definition) is 3. The number of aromatic nitrogens is 2. The molecular formula is C30H31N5O6. The predicted molar refractivity (Wildman–Crippen MR) is 155 cm³/mol. The molecule has 2 amide bonds. The number of rotatable bonds is 6. The largest absolute Gasteiger partial charge is 0.455 e. The summed E-state index contributed by atoms with van der Waals surface area (Å²) >= 11 is 0. The maximum atomic E-state index is 13.3. The Morgan fingerprint density at radius 3 is 2.17 bits per heavy atom. The summed E-state index contributed by atoms with van der Waals surface area (Å²) in [6.07, 6.45) is 0. The molecule has 11 heteroatoms. The minimum Gasteiger partial charge on any atom is -0.455 e. The molecule has 41 heavy (non-hydrogen) atoms. The normalized spacial score (nSPS) is 11.7. The second-order valence-electron chi connectivity index (χ2n) is 11.6. The molecule has 1 aromatic heterocycles. The van der Waals surface area contributed by atoms with E-state index in [0.29, 0.717) is 22.2 Å². The maximum Gasteiger partial charge on any atom is 0.360 e. The number of nitro groups is 1. The Balaban J connectivity index is 1.58. The summed E-state index contributed by atoms with van der Waals surface area (Å²) in [4.78, 5) is 49.6. The lowest BCUT2D eigenvalue weighted by Crippen LogP contribution is -2.24. The molecule has 4 aromatic rings. The zero-order valence-electron chi connectivity index (χ0n) is 23.6. The summed E-state index contributed by atoms with van der Waals surface area (Å²) < 4.78 is 5.39. The summed E-state index contributed by atoms with van der Waals surface area (Å²) in [5, 5.41) is 24.1. The Kier molecular flexibility index (Phi) is 7.65. The summed E-state index contributed by atoms with van der Waals surface area (Å²) in [5.74, 6) is -1.71. The molecule has 212 valence electrons. The van der Waals surface area contributed by atoms with Crippen LogP contribution >= 0.6 is 0 Å². The zero-order valence-corrected chi connectivity index (χ0v) is 23.6. The number of nitro benzene ring substituents is 1. The van der Waals surface area contributed by atoms with Crippen LogP contribution in [-0.4, -0.2) is 38.5 Å². The molecule has 0 aliphatic carbocycles. The van der Waals surface area contributed by atoms with E-state index < -0.39 is 28.3 Å². The lowest BCUT2D eigenvalue weighted by molar-refractivity contribution is -0.384. The van der Waals surface area contributed by atoms with E-state index in [0.717, 1.165) is 11.6 Å². The zero-order chi connectivity index (χ0) is 30.1. The van der Waals surface area contributed by atoms with Gasteiger partial charge in [0.25, 0.3) is 17.5 Å². The van der Waals surface area contributed by atoms with Crippen LogP contribution in [0.1, 0.15) is 78.3 Å². The van der Waals surface area contributed by atoms with Gasteiger partial charge >= 0.3 is 5.97 Å². The average Bonchev–Trinajstić information content (AvgIpc) is 3.30. The van der Waals surface area contributed by atoms with Crippen molar-refractivity contribution in [2.45, 2.75) is 52.6 Å². The number of esters is 1. The van der Waals surface area contributed by atoms with Crippen molar-refractivity contribution in [3.8, 4) is 0 Å². The summed E-state index contributed by atoms with van der Waals surface area (Å²) in [6, 6.07) is 15.4. The Bertz CT molecular complexity index is 1660. The number of aromatic amines is 1. The third-order valence-corrected chi connectivity index (χ3v) is 6.13. The quantitative estimate of drug-likeness (QED) is 0.144. The molecule has 0 bridgehead atoms. The first-order valence-electron chi connectivity index (χ1n) is 12.9. The molecule has 0 spiro atoms. The third kappa shape index (κ3) is 6.75. The van der Waals surface area contributed by atoms with E-state index in [9.17, 15) is 24.5 Å². The van der Waals surface area contributed by atoms with E-state index in [4.69, 9.17) is 4.74 Å². The van der Waals surface area contributed by atoms with Crippen molar-refractivity contribution in [3.05, 3.63) is 93.2 Å². The van der Waals surface area contributed by atoms with Gasteiger partial charge in [0.2, 0.25) is 0 Å². The van der Waals surface area contributed by atoms with Gasteiger partial charge in [-0.25, -0.2) is 4.79 Å². The topological polar surface area (TPSA) is 156 Å². The molecule has 3 aromatic carbocycles. The average molecular weight is 558 g/mol. The standard InChI is InChI=1S/C30H31N5O6/c1-29(2,3)18-9-7-17(8-10-18)26(36)32-23-16-20(35(39)40)12-14-22(23)27(37)31-19-11-13-21-24(15-19)33-34-25(21)28(38)41-30(4,5)6/h7-16H,1-6H3,(H,31,37)(H,32,36)(H,33,34). The monoisotopic (exact) mass is 557 g/mol. The highest BCUT2D eigenvalue weighted by molar-refractivity contribution is 6.13. The Morgan fingerprint density at radius 1 is 0.878 bits per heavy atom. The van der Waals surface area contributed by atoms with Gasteiger partial charge in [-0.15, -0.1) is 0 Å². The number of carbonyl (C=O) groups excluding carboxylic acids is 3. The third-order valence-electron chi connectivity index (χ3n) is 6.13. The van der Waals surface area contributed by atoms with E-state index in [1.54, 1.807) is 51.1 Å². The molecule has 11 nitrogen and oxygen atoms in total. The molecule has 4 rings (SSSR count). The van der Waals surface area contributed by atoms with Crippen LogP contribution in [-0.2, 0) is 10.2 Å². The van der Waals surface area contributed by atoms with Gasteiger partial charge in [0.05, 0.1) is 21.7 Å². The molecule has 0 aliphatic heterocycles. The van der Waals surface area contributed by atoms with Crippen LogP contribution in [0.15, 0.2) is 60.7 Å². The minimum atomic E-state index is -0.690. The number of hydrogen-bond acceptors (Lipinski definition) is 7. The highest BCUT2D eigenvalue weighted by atomic mass is 16.6. The molecule has 0 fully saturated rings. The number of anilines is 2. The SMILES string of the molecule is CC(C)(C)OC(=O)c1n[nH]c2cc(NC(=O)c3ccc([N+](=O)[O-])cc3NC(=O)c3ccc(C(C)(C)C)cc3)ccc12. The van der Waals surface area contributed by atoms with E-state index >= 15 is 0 Å². The van der Waals surface area contributed by atoms with Gasteiger partial charge in [0.15, 0.2) is 5.69 Å². The molecule has 0 saturated carbocycles. The summed E-state index contributed by atoms with van der Waals surface area (Å²) in [7, 11) is 0. The minimum absolute atomic E-state index is 0.0172. The number of non-ortho nitro benzene ring substituents is 1. The second kappa shape index (κ2) is 10.8. The van der Waals surface area contributed by atoms with E-state index in [1.807, 2.05) is 12.1 Å². The van der Waals surface area contributed by atoms with Crippen LogP contribution in [0.25, 0.3) is 10.9 Å². The van der Waals surface area contributed by atoms with Crippen LogP contribution in [0.5, 0.6) is 0 Å². The Labute approximate surface area is 236 Å². The number of nitrogens with one attached hydrogen (secondary N) is 3. The van der Waals surface area contributed by atoms with Crippen molar-refractivity contribution >= 4 is 45.7 Å². The van der Waals surface area contributed by atoms with Gasteiger partial charge in [0.1, 0.15) is 5.60 Å². The fourth-order valence-electron chi connectivity index (χ4n) is 4.04. The fourth-order valence-corrected chi connectivity index (χ4v) is 4.04. The molecule has 0 radical (unpaired) electrons. The Morgan fingerprint density at radius 2 is 1.56 bits per heavy atom. The number of amides is 2. The molecule has 0 unspecified atom stereocenters. The van der Waals surface area contributed by atoms with Crippen LogP contribution in [0, 0.1) is 10.1 Å². The lowest BCUT2D eigenvalue weighted by atomic mass is 9.86. The molecule has 1 heterocycles. The first-order valence-corrected chi connectivity index (χ1v) is 12.9. The highest BCUT2D eigenvalue weighted by Gasteiger charge is 2.23. The molecular weight excluding hydrogens is 526 g/mol. The lowest BCUT2D eigenvalue weighted by Gasteiger charge is -2.19. The van der Waals surface area contributed by atoms with E-state index in [2.05, 4.69) is 41.6 Å². The van der Waals surface area contributed by atoms with Crippen LogP contribution in [0.2, 0.25) is 0 Å². The van der Waals surface area contributed by atoms with E-state index in [-0.39, 0.29) is 28.0 Å². The van der Waals surface area contributed by atoms with Gasteiger partial charge in [-0.1, -0.05) is 32.9 Å². The Hall–Kier alpha value is -5.06. The van der Waals surface area contributed by atoms with Crippen molar-refractivity contribution in [3.63, 3.8) is 0 Å². The van der Waals surface area contributed by atoms with E-state index in [1.165, 1.54) is 12.1 Å². The number of benzene rings is 3. The number of ether oxygens (including phenoxy) is 1. The van der Waals surface area contributed by atoms with Crippen molar-refractivity contribution in [2.24, 2.45) is 0 Å². The van der Waals surface area contributed by atoms with Gasteiger partial charge < -0.3 is 15.4 Å². The number of fused-ring (bicyclic) bond motifs is 1. The first kappa shape index (κ1) is 28.9. The summed E-state index contributed by atoms with van der Waals surface area (Å²) in [6.45, 7) is 11.4. The maximum absolute atomic E-state index is 13.3. The highest BCUT2D eigenvalue weighted by Crippen LogP contribution is 2.27. The van der Waals surface area contributed by atoms with Gasteiger partial charge in [-0.3, -0.25) is 24.8 Å². The smallest absolute Gasteiger partial charge is 0.360 e. The summed E-state index contributed by atoms with van der Waals surface area (Å²) in [5.41, 5.74) is 1.28. The molecule has 0 atom stereocenters. The number of carbonyl (C=O) groups is 3. The van der Waals surface area contributed by atoms with Gasteiger partial charge in [-0.2, -0.15) is 5.10 Å². The van der Waals surface area contributed by atoms with Gasteiger partial charge in [-0.05, 0) is 68.1 Å². The van der Waals surface area contributed by atoms with Crippen LogP contribution in [0.4, 0.5) is 17.1 Å². The predicted octanol–water partition coefficient (Wildman–Crippen LogP) is 6.23. The second-order valence-corrected chi connectivity index (χ2v) is 11.6. The van der Waals surface area contributed by atoms with Crippen molar-refractivity contribution in [2.75, 3.05) is 10.6 Å². The molecule has 0 saturated heterocycles. The first-order chi connectivity index (χ1) is 19.1. The van der Waals surface area contributed by atoms with Crippen molar-refractivity contribution in [1.29, 1.82) is 0 Å². The number of H-pyrrole nitrogens is 1. The number of nitrogens with zero attached hydrogens (tertiary/aromatic N) is 2. The van der Waals surface area contributed by atoms with Crippen molar-refractivity contribution < 1.29 is 24.0 Å². The fraction of sp³-hybridized carbons (Fsp3) is 0.267. The molecule has 0 aliphatic rings. The van der Waals surface area contributed by atoms with Gasteiger partial charge in [0, 0.05) is 28.8 Å². The van der Waals surface area contributed by atoms with Crippen LogP contribution < -0.4 is 10.6 Å². The van der Waals surface area contributed by atoms with Crippen molar-refractivity contribution in [1.82, 2.24) is 10.2 Å².